The van der Waals surface area contributed by atoms with Gasteiger partial charge < -0.3 is 19.7 Å². The maximum absolute atomic E-state index is 5.79. The van der Waals surface area contributed by atoms with Gasteiger partial charge >= 0.3 is 0 Å². The zero-order chi connectivity index (χ0) is 15.7. The average molecular weight is 443 g/mol. The summed E-state index contributed by atoms with van der Waals surface area (Å²) in [5, 5.41) is 3.60. The van der Waals surface area contributed by atoms with Gasteiger partial charge in [0.05, 0.1) is 6.54 Å². The summed E-state index contributed by atoms with van der Waals surface area (Å²) in [5.74, 6) is 2.81. The Morgan fingerprint density at radius 3 is 2.62 bits per heavy atom. The molecule has 1 saturated carbocycles. The lowest BCUT2D eigenvalue weighted by Gasteiger charge is -2.32. The molecule has 0 unspecified atom stereocenters. The van der Waals surface area contributed by atoms with Gasteiger partial charge in [0.2, 0.25) is 0 Å². The first-order valence-electron chi connectivity index (χ1n) is 8.66. The lowest BCUT2D eigenvalue weighted by Crippen LogP contribution is -2.43. The monoisotopic (exact) mass is 443 g/mol. The van der Waals surface area contributed by atoms with Crippen molar-refractivity contribution in [3.05, 3.63) is 23.8 Å². The van der Waals surface area contributed by atoms with Crippen molar-refractivity contribution in [1.29, 1.82) is 0 Å². The van der Waals surface area contributed by atoms with Crippen LogP contribution in [-0.2, 0) is 5.41 Å². The summed E-state index contributed by atoms with van der Waals surface area (Å²) in [6.45, 7) is 4.14. The second-order valence-electron chi connectivity index (χ2n) is 6.83. The van der Waals surface area contributed by atoms with Crippen LogP contribution in [0.4, 0.5) is 0 Å². The van der Waals surface area contributed by atoms with Crippen molar-refractivity contribution in [3.8, 4) is 11.5 Å². The van der Waals surface area contributed by atoms with Crippen molar-refractivity contribution in [3.63, 3.8) is 0 Å². The third kappa shape index (κ3) is 3.30. The summed E-state index contributed by atoms with van der Waals surface area (Å²) in [7, 11) is 2.10. The molecule has 24 heavy (non-hydrogen) atoms. The van der Waals surface area contributed by atoms with Crippen LogP contribution in [0.15, 0.2) is 23.2 Å². The van der Waals surface area contributed by atoms with Gasteiger partial charge in [0.1, 0.15) is 13.2 Å². The summed E-state index contributed by atoms with van der Waals surface area (Å²) in [6, 6.07) is 6.49. The number of guanidine groups is 1. The minimum absolute atomic E-state index is 0. The van der Waals surface area contributed by atoms with Crippen molar-refractivity contribution in [1.82, 2.24) is 10.2 Å². The Morgan fingerprint density at radius 1 is 1.17 bits per heavy atom. The fourth-order valence-corrected chi connectivity index (χ4v) is 3.96. The molecule has 0 aromatic heterocycles. The maximum Gasteiger partial charge on any atom is 0.193 e. The number of hydrogen-bond acceptors (Lipinski definition) is 5. The number of benzene rings is 1. The molecule has 0 radical (unpaired) electrons. The van der Waals surface area contributed by atoms with Gasteiger partial charge in [0, 0.05) is 25.6 Å². The standard InChI is InChI=1S/C18H25N3O2.HI/c1-21-9-8-19-17(21)20-13-18(6-2-3-7-18)14-4-5-15-16(12-14)23-11-10-22-15;/h4-5,12H,2-3,6-11,13H2,1H3,(H,19,20);1H. The number of rotatable bonds is 3. The highest BCUT2D eigenvalue weighted by Gasteiger charge is 2.37. The third-order valence-corrected chi connectivity index (χ3v) is 5.36. The van der Waals surface area contributed by atoms with E-state index in [2.05, 4.69) is 40.5 Å². The average Bonchev–Trinajstić information content (AvgIpc) is 3.22. The zero-order valence-corrected chi connectivity index (χ0v) is 16.5. The Kier molecular flexibility index (Phi) is 5.42. The van der Waals surface area contributed by atoms with E-state index in [1.165, 1.54) is 31.2 Å². The molecule has 0 atom stereocenters. The van der Waals surface area contributed by atoms with Crippen LogP contribution in [0.5, 0.6) is 11.5 Å². The quantitative estimate of drug-likeness (QED) is 0.731. The first-order chi connectivity index (χ1) is 11.3. The van der Waals surface area contributed by atoms with Gasteiger partial charge in [-0.15, -0.1) is 24.0 Å². The van der Waals surface area contributed by atoms with E-state index >= 15 is 0 Å². The van der Waals surface area contributed by atoms with Crippen LogP contribution in [-0.4, -0.2) is 50.8 Å². The summed E-state index contributed by atoms with van der Waals surface area (Å²) in [4.78, 5) is 6.76. The first-order valence-corrected chi connectivity index (χ1v) is 8.66. The second kappa shape index (κ2) is 7.37. The molecule has 6 heteroatoms. The minimum atomic E-state index is 0. The number of likely N-dealkylation sites (N-methyl/N-ethyl adjacent to an activating group) is 1. The molecule has 0 saturated heterocycles. The summed E-state index contributed by atoms with van der Waals surface area (Å²) in [5.41, 5.74) is 1.55. The van der Waals surface area contributed by atoms with Gasteiger partial charge in [-0.1, -0.05) is 18.9 Å². The van der Waals surface area contributed by atoms with Crippen molar-refractivity contribution >= 4 is 29.9 Å². The SMILES string of the molecule is CN1CCN=C1NCC1(c2ccc3c(c2)OCCO3)CCCC1.I. The van der Waals surface area contributed by atoms with E-state index in [9.17, 15) is 0 Å². The number of aliphatic imine (C=N–C) groups is 1. The molecule has 0 amide bonds. The predicted octanol–water partition coefficient (Wildman–Crippen LogP) is 2.78. The molecule has 1 aliphatic carbocycles. The van der Waals surface area contributed by atoms with Gasteiger partial charge in [-0.2, -0.15) is 0 Å². The Bertz CT molecular complexity index is 614. The van der Waals surface area contributed by atoms with Crippen LogP contribution in [0.1, 0.15) is 31.2 Å². The zero-order valence-electron chi connectivity index (χ0n) is 14.2. The summed E-state index contributed by atoms with van der Waals surface area (Å²) < 4.78 is 11.4. The predicted molar refractivity (Wildman–Crippen MR) is 106 cm³/mol. The highest BCUT2D eigenvalue weighted by molar-refractivity contribution is 14.0. The van der Waals surface area contributed by atoms with E-state index in [1.807, 2.05) is 0 Å². The minimum Gasteiger partial charge on any atom is -0.486 e. The van der Waals surface area contributed by atoms with Crippen molar-refractivity contribution < 1.29 is 9.47 Å². The molecular formula is C18H26IN3O2. The number of hydrogen-bond donors (Lipinski definition) is 1. The lowest BCUT2D eigenvalue weighted by molar-refractivity contribution is 0.171. The molecule has 2 aliphatic heterocycles. The van der Waals surface area contributed by atoms with Crippen molar-refractivity contribution in [2.45, 2.75) is 31.1 Å². The van der Waals surface area contributed by atoms with Crippen molar-refractivity contribution in [2.24, 2.45) is 4.99 Å². The van der Waals surface area contributed by atoms with Crippen LogP contribution >= 0.6 is 24.0 Å². The molecule has 132 valence electrons. The van der Waals surface area contributed by atoms with Crippen LogP contribution in [0.2, 0.25) is 0 Å². The molecule has 3 aliphatic rings. The Hall–Kier alpha value is -1.18. The largest absolute Gasteiger partial charge is 0.486 e. The lowest BCUT2D eigenvalue weighted by atomic mass is 9.78. The fourth-order valence-electron chi connectivity index (χ4n) is 3.96. The Morgan fingerprint density at radius 2 is 1.92 bits per heavy atom. The fraction of sp³-hybridized carbons (Fsp3) is 0.611. The van der Waals surface area contributed by atoms with E-state index in [0.717, 1.165) is 37.1 Å². The van der Waals surface area contributed by atoms with Crippen LogP contribution < -0.4 is 14.8 Å². The highest BCUT2D eigenvalue weighted by atomic mass is 127. The van der Waals surface area contributed by atoms with Crippen molar-refractivity contribution in [2.75, 3.05) is 39.9 Å². The smallest absolute Gasteiger partial charge is 0.193 e. The molecule has 4 rings (SSSR count). The van der Waals surface area contributed by atoms with E-state index < -0.39 is 0 Å². The Labute approximate surface area is 160 Å². The number of fused-ring (bicyclic) bond motifs is 1. The molecule has 1 N–H and O–H groups in total. The van der Waals surface area contributed by atoms with E-state index in [1.54, 1.807) is 0 Å². The molecular weight excluding hydrogens is 417 g/mol. The molecule has 1 aromatic rings. The Balaban J connectivity index is 0.00000169. The normalized spacial score (nSPS) is 21.2. The molecule has 2 heterocycles. The number of nitrogens with zero attached hydrogens (tertiary/aromatic N) is 2. The van der Waals surface area contributed by atoms with E-state index in [4.69, 9.17) is 9.47 Å². The topological polar surface area (TPSA) is 46.1 Å². The molecule has 1 aromatic carbocycles. The molecule has 5 nitrogen and oxygen atoms in total. The van der Waals surface area contributed by atoms with Gasteiger partial charge in [0.25, 0.3) is 0 Å². The van der Waals surface area contributed by atoms with E-state index in [0.29, 0.717) is 13.2 Å². The van der Waals surface area contributed by atoms with Gasteiger partial charge in [-0.25, -0.2) is 0 Å². The molecule has 0 bridgehead atoms. The number of ether oxygens (including phenoxy) is 2. The molecule has 1 fully saturated rings. The third-order valence-electron chi connectivity index (χ3n) is 5.36. The maximum atomic E-state index is 5.79. The highest BCUT2D eigenvalue weighted by Crippen LogP contribution is 2.43. The van der Waals surface area contributed by atoms with E-state index in [-0.39, 0.29) is 29.4 Å². The number of halogens is 1. The summed E-state index contributed by atoms with van der Waals surface area (Å²) in [6.07, 6.45) is 5.02. The van der Waals surface area contributed by atoms with Crippen LogP contribution in [0.25, 0.3) is 0 Å². The first kappa shape index (κ1) is 17.6. The summed E-state index contributed by atoms with van der Waals surface area (Å²) >= 11 is 0. The van der Waals surface area contributed by atoms with Crippen LogP contribution in [0.3, 0.4) is 0 Å². The number of nitrogens with one attached hydrogen (secondary N) is 1. The van der Waals surface area contributed by atoms with Gasteiger partial charge in [-0.05, 0) is 30.5 Å². The van der Waals surface area contributed by atoms with Gasteiger partial charge in [-0.3, -0.25) is 4.99 Å². The molecule has 0 spiro atoms. The second-order valence-corrected chi connectivity index (χ2v) is 6.83. The van der Waals surface area contributed by atoms with Gasteiger partial charge in [0.15, 0.2) is 17.5 Å². The van der Waals surface area contributed by atoms with Crippen LogP contribution in [0, 0.1) is 0 Å².